The van der Waals surface area contributed by atoms with Gasteiger partial charge in [-0.05, 0) is 58.3 Å². The van der Waals surface area contributed by atoms with Crippen LogP contribution in [0.2, 0.25) is 0 Å². The molecule has 0 unspecified atom stereocenters. The molecule has 0 aliphatic heterocycles. The van der Waals surface area contributed by atoms with Gasteiger partial charge in [0.2, 0.25) is 0 Å². The maximum Gasteiger partial charge on any atom is 0.331 e. The van der Waals surface area contributed by atoms with Gasteiger partial charge in [-0.25, -0.2) is 19.2 Å². The Kier molecular flexibility index (Phi) is 11.4. The van der Waals surface area contributed by atoms with Gasteiger partial charge in [0.1, 0.15) is 12.2 Å². The van der Waals surface area contributed by atoms with E-state index in [0.717, 1.165) is 51.4 Å². The zero-order valence-electron chi connectivity index (χ0n) is 16.8. The fourth-order valence-electron chi connectivity index (χ4n) is 3.16. The molecular formula is C21H30O8. The van der Waals surface area contributed by atoms with E-state index in [1.165, 1.54) is 31.9 Å². The van der Waals surface area contributed by atoms with Crippen molar-refractivity contribution in [3.05, 3.63) is 23.8 Å². The number of aliphatic carboxylic acids is 2. The highest BCUT2D eigenvalue weighted by Gasteiger charge is 2.18. The first kappa shape index (κ1) is 24.4. The van der Waals surface area contributed by atoms with Gasteiger partial charge in [0.15, 0.2) is 0 Å². The van der Waals surface area contributed by atoms with Gasteiger partial charge in [0, 0.05) is 23.8 Å². The molecule has 0 spiro atoms. The largest absolute Gasteiger partial charge is 0.478 e. The molecule has 29 heavy (non-hydrogen) atoms. The highest BCUT2D eigenvalue weighted by molar-refractivity contribution is 5.94. The van der Waals surface area contributed by atoms with Crippen LogP contribution in [0.1, 0.15) is 71.1 Å². The number of carbonyl (C=O) groups excluding carboxylic acids is 2. The van der Waals surface area contributed by atoms with E-state index in [4.69, 9.17) is 19.7 Å². The quantitative estimate of drug-likeness (QED) is 0.504. The van der Waals surface area contributed by atoms with Crippen molar-refractivity contribution in [2.45, 2.75) is 83.3 Å². The summed E-state index contributed by atoms with van der Waals surface area (Å²) in [5.74, 6) is -3.32. The molecule has 0 atom stereocenters. The molecule has 0 aromatic carbocycles. The number of hydrogen-bond acceptors (Lipinski definition) is 6. The number of carbonyl (C=O) groups is 4. The Morgan fingerprint density at radius 1 is 0.724 bits per heavy atom. The molecular weight excluding hydrogens is 380 g/mol. The molecule has 2 aliphatic rings. The van der Waals surface area contributed by atoms with Crippen LogP contribution in [0.15, 0.2) is 23.8 Å². The highest BCUT2D eigenvalue weighted by atomic mass is 16.5. The summed E-state index contributed by atoms with van der Waals surface area (Å²) in [7, 11) is 0. The van der Waals surface area contributed by atoms with Crippen LogP contribution in [0.3, 0.4) is 0 Å². The molecule has 2 rings (SSSR count). The molecule has 0 aromatic rings. The average Bonchev–Trinajstić information content (AvgIpc) is 2.68. The first-order valence-corrected chi connectivity index (χ1v) is 10.0. The van der Waals surface area contributed by atoms with Crippen molar-refractivity contribution in [1.82, 2.24) is 0 Å². The molecule has 0 aromatic heterocycles. The minimum atomic E-state index is -1.24. The lowest BCUT2D eigenvalue weighted by Gasteiger charge is -2.21. The molecule has 0 amide bonds. The van der Waals surface area contributed by atoms with Gasteiger partial charge >= 0.3 is 23.9 Å². The smallest absolute Gasteiger partial charge is 0.331 e. The van der Waals surface area contributed by atoms with Gasteiger partial charge < -0.3 is 19.7 Å². The van der Waals surface area contributed by atoms with E-state index in [1.54, 1.807) is 0 Å². The standard InChI is InChI=1S/C16H24O4.C5H6O4/c17-15(19-13-7-3-1-4-8-13)11-12-16(18)20-14-9-5-2-6-10-14;1-3(5(8)9)2-4(6)7/h11-14H,1-10H2;2H,1H3,(H,6,7)(H,8,9)/b12-11-;3-2-. The van der Waals surface area contributed by atoms with Gasteiger partial charge in [-0.3, -0.25) is 0 Å². The molecule has 0 heterocycles. The Bertz CT molecular complexity index is 589. The molecule has 8 heteroatoms. The molecule has 2 saturated carbocycles. The van der Waals surface area contributed by atoms with Crippen molar-refractivity contribution >= 4 is 23.9 Å². The van der Waals surface area contributed by atoms with Crippen LogP contribution < -0.4 is 0 Å². The van der Waals surface area contributed by atoms with E-state index in [-0.39, 0.29) is 17.8 Å². The Hall–Kier alpha value is -2.64. The van der Waals surface area contributed by atoms with Crippen LogP contribution in [0.5, 0.6) is 0 Å². The first-order chi connectivity index (χ1) is 13.8. The van der Waals surface area contributed by atoms with Crippen LogP contribution in [0.25, 0.3) is 0 Å². The van der Waals surface area contributed by atoms with E-state index in [9.17, 15) is 19.2 Å². The zero-order valence-corrected chi connectivity index (χ0v) is 16.8. The summed E-state index contributed by atoms with van der Waals surface area (Å²) in [4.78, 5) is 42.9. The summed E-state index contributed by atoms with van der Waals surface area (Å²) in [6, 6.07) is 0. The minimum Gasteiger partial charge on any atom is -0.478 e. The van der Waals surface area contributed by atoms with Crippen LogP contribution in [0, 0.1) is 0 Å². The van der Waals surface area contributed by atoms with Gasteiger partial charge in [-0.1, -0.05) is 12.8 Å². The number of carboxylic acids is 2. The normalized spacial score (nSPS) is 18.4. The third-order valence-corrected chi connectivity index (χ3v) is 4.70. The first-order valence-electron chi connectivity index (χ1n) is 10.0. The van der Waals surface area contributed by atoms with Gasteiger partial charge in [0.05, 0.1) is 0 Å². The molecule has 2 fully saturated rings. The lowest BCUT2D eigenvalue weighted by Crippen LogP contribution is -2.21. The molecule has 2 N–H and O–H groups in total. The van der Waals surface area contributed by atoms with Crippen LogP contribution >= 0.6 is 0 Å². The lowest BCUT2D eigenvalue weighted by atomic mass is 9.98. The van der Waals surface area contributed by atoms with Gasteiger partial charge in [-0.2, -0.15) is 0 Å². The summed E-state index contributed by atoms with van der Waals surface area (Å²) >= 11 is 0. The zero-order chi connectivity index (χ0) is 21.6. The maximum atomic E-state index is 11.6. The second-order valence-electron chi connectivity index (χ2n) is 7.20. The Morgan fingerprint density at radius 2 is 1.10 bits per heavy atom. The average molecular weight is 410 g/mol. The number of carboxylic acid groups (broad SMARTS) is 2. The fourth-order valence-corrected chi connectivity index (χ4v) is 3.16. The van der Waals surface area contributed by atoms with Crippen molar-refractivity contribution in [2.24, 2.45) is 0 Å². The molecule has 8 nitrogen and oxygen atoms in total. The van der Waals surface area contributed by atoms with Crippen molar-refractivity contribution in [2.75, 3.05) is 0 Å². The second-order valence-corrected chi connectivity index (χ2v) is 7.20. The number of rotatable bonds is 6. The Balaban J connectivity index is 0.000000396. The van der Waals surface area contributed by atoms with E-state index < -0.39 is 23.9 Å². The van der Waals surface area contributed by atoms with Gasteiger partial charge in [0.25, 0.3) is 0 Å². The van der Waals surface area contributed by atoms with Crippen LogP contribution in [-0.4, -0.2) is 46.3 Å². The van der Waals surface area contributed by atoms with E-state index in [0.29, 0.717) is 6.08 Å². The van der Waals surface area contributed by atoms with Crippen molar-refractivity contribution in [3.8, 4) is 0 Å². The monoisotopic (exact) mass is 410 g/mol. The van der Waals surface area contributed by atoms with E-state index in [1.807, 2.05) is 0 Å². The number of ether oxygens (including phenoxy) is 2. The summed E-state index contributed by atoms with van der Waals surface area (Å²) in [5.41, 5.74) is -0.178. The van der Waals surface area contributed by atoms with Crippen molar-refractivity contribution < 1.29 is 38.9 Å². The Labute approximate surface area is 170 Å². The van der Waals surface area contributed by atoms with Gasteiger partial charge in [-0.15, -0.1) is 0 Å². The summed E-state index contributed by atoms with van der Waals surface area (Å²) in [5, 5.41) is 16.1. The summed E-state index contributed by atoms with van der Waals surface area (Å²) < 4.78 is 10.6. The molecule has 0 bridgehead atoms. The number of esters is 2. The van der Waals surface area contributed by atoms with Crippen molar-refractivity contribution in [3.63, 3.8) is 0 Å². The Morgan fingerprint density at radius 3 is 1.38 bits per heavy atom. The predicted octanol–water partition coefficient (Wildman–Crippen LogP) is 3.40. The second kappa shape index (κ2) is 13.5. The predicted molar refractivity (Wildman–Crippen MR) is 104 cm³/mol. The van der Waals surface area contributed by atoms with E-state index >= 15 is 0 Å². The molecule has 0 saturated heterocycles. The molecule has 2 aliphatic carbocycles. The SMILES string of the molecule is C/C(=C/C(=O)O)C(=O)O.O=C(/C=C\C(=O)OC1CCCCC1)OC1CCCCC1. The minimum absolute atomic E-state index is 0.0234. The molecule has 162 valence electrons. The topological polar surface area (TPSA) is 127 Å². The highest BCUT2D eigenvalue weighted by Crippen LogP contribution is 2.21. The third-order valence-electron chi connectivity index (χ3n) is 4.70. The van der Waals surface area contributed by atoms with Crippen LogP contribution in [-0.2, 0) is 28.7 Å². The third kappa shape index (κ3) is 11.7. The fraction of sp³-hybridized carbons (Fsp3) is 0.619. The maximum absolute atomic E-state index is 11.6. The summed E-state index contributed by atoms with van der Waals surface area (Å²) in [6.07, 6.45) is 13.7. The lowest BCUT2D eigenvalue weighted by molar-refractivity contribution is -0.147. The van der Waals surface area contributed by atoms with E-state index in [2.05, 4.69) is 0 Å². The van der Waals surface area contributed by atoms with Crippen molar-refractivity contribution in [1.29, 1.82) is 0 Å². The summed E-state index contributed by atoms with van der Waals surface area (Å²) in [6.45, 7) is 1.22. The van der Waals surface area contributed by atoms with Crippen LogP contribution in [0.4, 0.5) is 0 Å². The number of hydrogen-bond donors (Lipinski definition) is 2. The molecule has 0 radical (unpaired) electrons.